The lowest BCUT2D eigenvalue weighted by atomic mass is 10.1. The number of hydrogen-bond donors (Lipinski definition) is 1. The van der Waals surface area contributed by atoms with E-state index in [0.717, 1.165) is 49.1 Å². The summed E-state index contributed by atoms with van der Waals surface area (Å²) < 4.78 is 0. The second-order valence-corrected chi connectivity index (χ2v) is 7.69. The van der Waals surface area contributed by atoms with Crippen LogP contribution in [0.1, 0.15) is 49.9 Å². The van der Waals surface area contributed by atoms with Crippen molar-refractivity contribution < 1.29 is 0 Å². The molecule has 8 nitrogen and oxygen atoms in total. The molecule has 0 aromatic carbocycles. The summed E-state index contributed by atoms with van der Waals surface area (Å²) in [5.74, 6) is 4.30. The maximum Gasteiger partial charge on any atom is 0.229 e. The van der Waals surface area contributed by atoms with Gasteiger partial charge >= 0.3 is 0 Å². The Labute approximate surface area is 161 Å². The molecule has 0 bridgehead atoms. The van der Waals surface area contributed by atoms with Gasteiger partial charge in [-0.25, -0.2) is 9.97 Å². The standard InChI is InChI=1S/C19H30N8/c1-12(2)17-23-18(25-19(24-17)26(5)6)22-15-7-9-27(10-8-15)16-11-13(3)20-14(4)21-16/h11-12,15H,7-10H2,1-6H3,(H,22,23,24,25). The maximum absolute atomic E-state index is 4.62. The second kappa shape index (κ2) is 8.02. The van der Waals surface area contributed by atoms with Crippen LogP contribution in [0.4, 0.5) is 17.7 Å². The first-order valence-corrected chi connectivity index (χ1v) is 9.59. The minimum Gasteiger partial charge on any atom is -0.356 e. The van der Waals surface area contributed by atoms with E-state index < -0.39 is 0 Å². The van der Waals surface area contributed by atoms with E-state index in [9.17, 15) is 0 Å². The van der Waals surface area contributed by atoms with Crippen LogP contribution in [0.2, 0.25) is 0 Å². The van der Waals surface area contributed by atoms with E-state index >= 15 is 0 Å². The molecule has 3 rings (SSSR count). The second-order valence-electron chi connectivity index (χ2n) is 7.69. The first-order chi connectivity index (χ1) is 12.8. The maximum atomic E-state index is 4.62. The number of rotatable bonds is 5. The van der Waals surface area contributed by atoms with Gasteiger partial charge in [0.2, 0.25) is 11.9 Å². The zero-order chi connectivity index (χ0) is 19.6. The molecule has 0 saturated carbocycles. The molecule has 1 saturated heterocycles. The Morgan fingerprint density at radius 1 is 1.04 bits per heavy atom. The minimum atomic E-state index is 0.262. The molecule has 1 aliphatic rings. The average Bonchev–Trinajstić information content (AvgIpc) is 2.61. The molecule has 0 aliphatic carbocycles. The molecule has 1 aliphatic heterocycles. The van der Waals surface area contributed by atoms with Gasteiger partial charge in [0.15, 0.2) is 0 Å². The van der Waals surface area contributed by atoms with Gasteiger partial charge in [-0.3, -0.25) is 0 Å². The van der Waals surface area contributed by atoms with Crippen LogP contribution in [0.5, 0.6) is 0 Å². The number of anilines is 3. The lowest BCUT2D eigenvalue weighted by Gasteiger charge is -2.33. The van der Waals surface area contributed by atoms with Gasteiger partial charge in [-0.1, -0.05) is 13.8 Å². The van der Waals surface area contributed by atoms with Gasteiger partial charge in [-0.05, 0) is 26.7 Å². The first-order valence-electron chi connectivity index (χ1n) is 9.59. The van der Waals surface area contributed by atoms with Crippen LogP contribution in [-0.2, 0) is 0 Å². The molecule has 0 amide bonds. The van der Waals surface area contributed by atoms with E-state index in [0.29, 0.717) is 17.9 Å². The molecule has 2 aromatic rings. The highest BCUT2D eigenvalue weighted by atomic mass is 15.3. The molecule has 27 heavy (non-hydrogen) atoms. The largest absolute Gasteiger partial charge is 0.356 e. The summed E-state index contributed by atoms with van der Waals surface area (Å²) in [6.07, 6.45) is 2.03. The van der Waals surface area contributed by atoms with Crippen LogP contribution in [-0.4, -0.2) is 58.1 Å². The normalized spacial score (nSPS) is 15.3. The van der Waals surface area contributed by atoms with Crippen molar-refractivity contribution in [2.24, 2.45) is 0 Å². The van der Waals surface area contributed by atoms with Crippen molar-refractivity contribution in [2.75, 3.05) is 42.3 Å². The molecule has 0 atom stereocenters. The van der Waals surface area contributed by atoms with Gasteiger partial charge in [-0.15, -0.1) is 0 Å². The Balaban J connectivity index is 1.67. The van der Waals surface area contributed by atoms with E-state index in [-0.39, 0.29) is 5.92 Å². The van der Waals surface area contributed by atoms with Crippen molar-refractivity contribution in [3.05, 3.63) is 23.4 Å². The minimum absolute atomic E-state index is 0.262. The lowest BCUT2D eigenvalue weighted by molar-refractivity contribution is 0.519. The summed E-state index contributed by atoms with van der Waals surface area (Å²) in [4.78, 5) is 26.9. The van der Waals surface area contributed by atoms with Crippen molar-refractivity contribution >= 4 is 17.7 Å². The van der Waals surface area contributed by atoms with Crippen molar-refractivity contribution in [3.63, 3.8) is 0 Å². The van der Waals surface area contributed by atoms with Crippen LogP contribution in [0.25, 0.3) is 0 Å². The predicted octanol–water partition coefficient (Wildman–Crippen LogP) is 2.55. The number of aromatic nitrogens is 5. The van der Waals surface area contributed by atoms with E-state index in [1.54, 1.807) is 0 Å². The number of piperidine rings is 1. The Kier molecular flexibility index (Phi) is 5.72. The highest BCUT2D eigenvalue weighted by molar-refractivity contribution is 5.41. The first kappa shape index (κ1) is 19.3. The quantitative estimate of drug-likeness (QED) is 0.860. The predicted molar refractivity (Wildman–Crippen MR) is 109 cm³/mol. The van der Waals surface area contributed by atoms with E-state index in [2.05, 4.69) is 55.1 Å². The summed E-state index contributed by atoms with van der Waals surface area (Å²) in [5.41, 5.74) is 1.01. The number of nitrogens with zero attached hydrogens (tertiary/aromatic N) is 7. The van der Waals surface area contributed by atoms with Crippen molar-refractivity contribution in [1.29, 1.82) is 0 Å². The third kappa shape index (κ3) is 4.81. The Bertz CT molecular complexity index is 735. The van der Waals surface area contributed by atoms with Crippen molar-refractivity contribution in [2.45, 2.75) is 52.5 Å². The molecule has 0 spiro atoms. The van der Waals surface area contributed by atoms with Crippen molar-refractivity contribution in [3.8, 4) is 0 Å². The fraction of sp³-hybridized carbons (Fsp3) is 0.632. The lowest BCUT2D eigenvalue weighted by Crippen LogP contribution is -2.40. The van der Waals surface area contributed by atoms with Crippen LogP contribution in [0.15, 0.2) is 6.07 Å². The fourth-order valence-corrected chi connectivity index (χ4v) is 3.20. The molecule has 1 fully saturated rings. The van der Waals surface area contributed by atoms with Crippen LogP contribution < -0.4 is 15.1 Å². The van der Waals surface area contributed by atoms with E-state index in [1.807, 2.05) is 32.8 Å². The third-order valence-electron chi connectivity index (χ3n) is 4.66. The highest BCUT2D eigenvalue weighted by Crippen LogP contribution is 2.22. The molecular formula is C19H30N8. The molecule has 8 heteroatoms. The van der Waals surface area contributed by atoms with E-state index in [1.165, 1.54) is 0 Å². The van der Waals surface area contributed by atoms with Crippen molar-refractivity contribution in [1.82, 2.24) is 24.9 Å². The Hall–Kier alpha value is -2.51. The Morgan fingerprint density at radius 2 is 1.74 bits per heavy atom. The summed E-state index contributed by atoms with van der Waals surface area (Å²) in [7, 11) is 3.90. The zero-order valence-corrected chi connectivity index (χ0v) is 17.2. The molecular weight excluding hydrogens is 340 g/mol. The molecule has 2 aromatic heterocycles. The highest BCUT2D eigenvalue weighted by Gasteiger charge is 2.22. The SMILES string of the molecule is Cc1cc(N2CCC(Nc3nc(C(C)C)nc(N(C)C)n3)CC2)nc(C)n1. The molecule has 1 N–H and O–H groups in total. The topological polar surface area (TPSA) is 83.0 Å². The third-order valence-corrected chi connectivity index (χ3v) is 4.66. The monoisotopic (exact) mass is 370 g/mol. The van der Waals surface area contributed by atoms with Gasteiger partial charge in [0, 0.05) is 50.9 Å². The molecule has 0 unspecified atom stereocenters. The Morgan fingerprint density at radius 3 is 2.33 bits per heavy atom. The van der Waals surface area contributed by atoms with E-state index in [4.69, 9.17) is 0 Å². The number of aryl methyl sites for hydroxylation is 2. The van der Waals surface area contributed by atoms with Gasteiger partial charge < -0.3 is 15.1 Å². The van der Waals surface area contributed by atoms with Gasteiger partial charge in [0.25, 0.3) is 0 Å². The summed E-state index contributed by atoms with van der Waals surface area (Å²) >= 11 is 0. The average molecular weight is 371 g/mol. The van der Waals surface area contributed by atoms with Crippen LogP contribution in [0, 0.1) is 13.8 Å². The molecule has 0 radical (unpaired) electrons. The van der Waals surface area contributed by atoms with Gasteiger partial charge in [0.1, 0.15) is 17.5 Å². The zero-order valence-electron chi connectivity index (χ0n) is 17.2. The fourth-order valence-electron chi connectivity index (χ4n) is 3.20. The smallest absolute Gasteiger partial charge is 0.229 e. The molecule has 146 valence electrons. The van der Waals surface area contributed by atoms with Crippen LogP contribution >= 0.6 is 0 Å². The number of nitrogens with one attached hydrogen (secondary N) is 1. The summed E-state index contributed by atoms with van der Waals surface area (Å²) in [6, 6.07) is 2.41. The molecule has 3 heterocycles. The summed E-state index contributed by atoms with van der Waals surface area (Å²) in [5, 5.41) is 3.52. The van der Waals surface area contributed by atoms with Gasteiger partial charge in [0.05, 0.1) is 0 Å². The van der Waals surface area contributed by atoms with Gasteiger partial charge in [-0.2, -0.15) is 15.0 Å². The number of hydrogen-bond acceptors (Lipinski definition) is 8. The van der Waals surface area contributed by atoms with Crippen LogP contribution in [0.3, 0.4) is 0 Å². The summed E-state index contributed by atoms with van der Waals surface area (Å²) in [6.45, 7) is 10.1.